The van der Waals surface area contributed by atoms with Crippen LogP contribution in [0.5, 0.6) is 11.6 Å². The van der Waals surface area contributed by atoms with Gasteiger partial charge < -0.3 is 14.9 Å². The summed E-state index contributed by atoms with van der Waals surface area (Å²) in [5.41, 5.74) is 0.827. The predicted molar refractivity (Wildman–Crippen MR) is 76.0 cm³/mol. The Bertz CT molecular complexity index is 811. The molecule has 0 amide bonds. The number of fused-ring (bicyclic) bond motifs is 1. The smallest absolute Gasteiger partial charge is 0.393 e. The van der Waals surface area contributed by atoms with E-state index in [0.29, 0.717) is 15.7 Å². The lowest BCUT2D eigenvalue weighted by atomic mass is 10.2. The maximum absolute atomic E-state index is 11.2. The van der Waals surface area contributed by atoms with Gasteiger partial charge in [0.1, 0.15) is 11.9 Å². The average Bonchev–Trinajstić information content (AvgIpc) is 2.93. The molecule has 0 bridgehead atoms. The first kappa shape index (κ1) is 12.9. The van der Waals surface area contributed by atoms with Crippen LogP contribution in [-0.2, 0) is 0 Å². The van der Waals surface area contributed by atoms with E-state index in [2.05, 4.69) is 4.98 Å². The van der Waals surface area contributed by atoms with Crippen molar-refractivity contribution in [2.45, 2.75) is 6.92 Å². The van der Waals surface area contributed by atoms with Crippen LogP contribution in [0.1, 0.15) is 5.56 Å². The molecule has 8 heteroatoms. The number of imidazole rings is 1. The number of nitrogens with zero attached hydrogens (tertiary/aromatic N) is 3. The molecule has 0 saturated carbocycles. The van der Waals surface area contributed by atoms with Crippen molar-refractivity contribution >= 4 is 33.7 Å². The fourth-order valence-corrected chi connectivity index (χ4v) is 2.60. The molecule has 3 rings (SSSR count). The van der Waals surface area contributed by atoms with Gasteiger partial charge in [-0.05, 0) is 35.6 Å². The Balaban J connectivity index is 2.05. The molecule has 0 atom stereocenters. The van der Waals surface area contributed by atoms with E-state index in [0.717, 1.165) is 5.56 Å². The number of aromatic nitrogens is 2. The van der Waals surface area contributed by atoms with E-state index in [-0.39, 0.29) is 11.7 Å². The summed E-state index contributed by atoms with van der Waals surface area (Å²) in [5, 5.41) is 13.5. The number of thiazole rings is 1. The molecule has 0 spiro atoms. The van der Waals surface area contributed by atoms with Crippen molar-refractivity contribution < 1.29 is 9.66 Å². The highest BCUT2D eigenvalue weighted by Crippen LogP contribution is 2.34. The maximum Gasteiger partial charge on any atom is 0.393 e. The predicted octanol–water partition coefficient (Wildman–Crippen LogP) is 4.06. The van der Waals surface area contributed by atoms with E-state index in [4.69, 9.17) is 16.3 Å². The van der Waals surface area contributed by atoms with E-state index in [1.807, 2.05) is 6.92 Å². The molecule has 0 radical (unpaired) electrons. The Kier molecular flexibility index (Phi) is 3.07. The summed E-state index contributed by atoms with van der Waals surface area (Å²) >= 11 is 7.23. The average molecular weight is 310 g/mol. The standard InChI is InChI=1S/C12H8ClN3O3S/c1-7-6-8(2-3-9(7)13)19-10-11(16(17)18)15-4-5-20-12(15)14-10/h2-6H,1H3. The molecule has 0 saturated heterocycles. The monoisotopic (exact) mass is 309 g/mol. The van der Waals surface area contributed by atoms with Crippen LogP contribution in [0, 0.1) is 17.0 Å². The van der Waals surface area contributed by atoms with E-state index in [1.165, 1.54) is 15.7 Å². The third kappa shape index (κ3) is 2.10. The molecular weight excluding hydrogens is 302 g/mol. The van der Waals surface area contributed by atoms with Gasteiger partial charge in [-0.25, -0.2) is 0 Å². The number of ether oxygens (including phenoxy) is 1. The van der Waals surface area contributed by atoms with Gasteiger partial charge in [0.05, 0.1) is 0 Å². The van der Waals surface area contributed by atoms with E-state index < -0.39 is 4.92 Å². The summed E-state index contributed by atoms with van der Waals surface area (Å²) < 4.78 is 6.92. The van der Waals surface area contributed by atoms with Crippen LogP contribution in [0.4, 0.5) is 5.82 Å². The fraction of sp³-hybridized carbons (Fsp3) is 0.0833. The first-order valence-electron chi connectivity index (χ1n) is 5.60. The number of nitro groups is 1. The second-order valence-electron chi connectivity index (χ2n) is 4.07. The number of benzene rings is 1. The van der Waals surface area contributed by atoms with Gasteiger partial charge in [-0.2, -0.15) is 9.38 Å². The van der Waals surface area contributed by atoms with Gasteiger partial charge in [-0.15, -0.1) is 0 Å². The van der Waals surface area contributed by atoms with Gasteiger partial charge in [0.2, 0.25) is 0 Å². The molecule has 0 aliphatic rings. The summed E-state index contributed by atoms with van der Waals surface area (Å²) in [6.45, 7) is 1.83. The van der Waals surface area contributed by atoms with Crippen molar-refractivity contribution in [2.24, 2.45) is 0 Å². The first-order valence-corrected chi connectivity index (χ1v) is 6.86. The number of rotatable bonds is 3. The van der Waals surface area contributed by atoms with Crippen LogP contribution in [-0.4, -0.2) is 14.3 Å². The van der Waals surface area contributed by atoms with Crippen LogP contribution < -0.4 is 4.74 Å². The molecule has 0 aliphatic heterocycles. The largest absolute Gasteiger partial charge is 0.432 e. The highest BCUT2D eigenvalue weighted by molar-refractivity contribution is 7.15. The number of hydrogen-bond donors (Lipinski definition) is 0. The summed E-state index contributed by atoms with van der Waals surface area (Å²) in [7, 11) is 0. The molecular formula is C12H8ClN3O3S. The molecule has 20 heavy (non-hydrogen) atoms. The summed E-state index contributed by atoms with van der Waals surface area (Å²) in [5.74, 6) is 0.248. The quantitative estimate of drug-likeness (QED) is 0.540. The Morgan fingerprint density at radius 1 is 1.50 bits per heavy atom. The van der Waals surface area contributed by atoms with Crippen LogP contribution in [0.2, 0.25) is 5.02 Å². The molecule has 0 unspecified atom stereocenters. The van der Waals surface area contributed by atoms with Crippen molar-refractivity contribution in [1.82, 2.24) is 9.38 Å². The van der Waals surface area contributed by atoms with Crippen molar-refractivity contribution in [3.8, 4) is 11.6 Å². The first-order chi connectivity index (χ1) is 9.56. The zero-order valence-electron chi connectivity index (χ0n) is 10.2. The SMILES string of the molecule is Cc1cc(Oc2nc3sccn3c2[N+](=O)[O-])ccc1Cl. The Hall–Kier alpha value is -2.12. The van der Waals surface area contributed by atoms with Crippen molar-refractivity contribution in [1.29, 1.82) is 0 Å². The van der Waals surface area contributed by atoms with Crippen molar-refractivity contribution in [2.75, 3.05) is 0 Å². The third-order valence-electron chi connectivity index (χ3n) is 2.72. The highest BCUT2D eigenvalue weighted by Gasteiger charge is 2.25. The van der Waals surface area contributed by atoms with Crippen molar-refractivity contribution in [3.05, 3.63) is 50.5 Å². The van der Waals surface area contributed by atoms with Crippen LogP contribution in [0.15, 0.2) is 29.8 Å². The highest BCUT2D eigenvalue weighted by atomic mass is 35.5. The van der Waals surface area contributed by atoms with E-state index in [1.54, 1.807) is 29.8 Å². The fourth-order valence-electron chi connectivity index (χ4n) is 1.78. The van der Waals surface area contributed by atoms with Gasteiger partial charge in [0, 0.05) is 10.4 Å². The second-order valence-corrected chi connectivity index (χ2v) is 5.35. The topological polar surface area (TPSA) is 69.7 Å². The maximum atomic E-state index is 11.2. The molecule has 0 N–H and O–H groups in total. The lowest BCUT2D eigenvalue weighted by Gasteiger charge is -2.04. The van der Waals surface area contributed by atoms with Gasteiger partial charge >= 0.3 is 11.7 Å². The molecule has 1 aromatic carbocycles. The minimum Gasteiger partial charge on any atom is -0.432 e. The van der Waals surface area contributed by atoms with E-state index >= 15 is 0 Å². The van der Waals surface area contributed by atoms with Crippen LogP contribution in [0.3, 0.4) is 0 Å². The summed E-state index contributed by atoms with van der Waals surface area (Å²) in [6.07, 6.45) is 1.59. The molecule has 6 nitrogen and oxygen atoms in total. The lowest BCUT2D eigenvalue weighted by Crippen LogP contribution is -1.95. The van der Waals surface area contributed by atoms with E-state index in [9.17, 15) is 10.1 Å². The molecule has 0 fully saturated rings. The molecule has 0 aliphatic carbocycles. The Morgan fingerprint density at radius 2 is 2.30 bits per heavy atom. The molecule has 2 heterocycles. The Morgan fingerprint density at radius 3 is 3.00 bits per heavy atom. The molecule has 102 valence electrons. The van der Waals surface area contributed by atoms with Crippen LogP contribution in [0.25, 0.3) is 4.96 Å². The van der Waals surface area contributed by atoms with Gasteiger partial charge in [-0.1, -0.05) is 22.9 Å². The minimum atomic E-state index is -0.509. The summed E-state index contributed by atoms with van der Waals surface area (Å²) in [4.78, 5) is 15.3. The van der Waals surface area contributed by atoms with Crippen molar-refractivity contribution in [3.63, 3.8) is 0 Å². The van der Waals surface area contributed by atoms with Gasteiger partial charge in [-0.3, -0.25) is 0 Å². The molecule has 3 aromatic rings. The minimum absolute atomic E-state index is 0.0245. The number of hydrogen-bond acceptors (Lipinski definition) is 5. The normalized spacial score (nSPS) is 10.9. The summed E-state index contributed by atoms with van der Waals surface area (Å²) in [6, 6.07) is 5.03. The number of halogens is 1. The Labute approximate surface area is 122 Å². The lowest BCUT2D eigenvalue weighted by molar-refractivity contribution is -0.391. The number of aryl methyl sites for hydroxylation is 1. The molecule has 2 aromatic heterocycles. The van der Waals surface area contributed by atoms with Gasteiger partial charge in [0.15, 0.2) is 0 Å². The second kappa shape index (κ2) is 4.77. The zero-order valence-corrected chi connectivity index (χ0v) is 11.8. The zero-order chi connectivity index (χ0) is 14.3. The third-order valence-corrected chi connectivity index (χ3v) is 3.90. The van der Waals surface area contributed by atoms with Crippen LogP contribution >= 0.6 is 22.9 Å². The van der Waals surface area contributed by atoms with Gasteiger partial charge in [0.25, 0.3) is 4.96 Å².